The highest BCUT2D eigenvalue weighted by atomic mass is 16.5. The van der Waals surface area contributed by atoms with Gasteiger partial charge in [-0.05, 0) is 44.9 Å². The normalized spacial score (nSPS) is 11.0. The molecule has 1 aromatic carbocycles. The number of ether oxygens (including phenoxy) is 1. The van der Waals surface area contributed by atoms with Crippen LogP contribution in [0.4, 0.5) is 0 Å². The number of hydrogen-bond donors (Lipinski definition) is 1. The third-order valence-corrected chi connectivity index (χ3v) is 3.44. The van der Waals surface area contributed by atoms with Gasteiger partial charge in [-0.3, -0.25) is 4.79 Å². The molecule has 0 aliphatic rings. The Balaban J connectivity index is 2.97. The molecule has 0 unspecified atom stereocenters. The van der Waals surface area contributed by atoms with Gasteiger partial charge in [0, 0.05) is 18.2 Å². The van der Waals surface area contributed by atoms with E-state index in [-0.39, 0.29) is 24.7 Å². The summed E-state index contributed by atoms with van der Waals surface area (Å²) in [6.07, 6.45) is 1.83. The molecule has 0 aromatic heterocycles. The molecule has 0 aliphatic heterocycles. The standard InChI is InChI=1S/C17H27NO3/c1-5-15(6-2)18(10-11-19)17(20)14-8-7-9-16(12-14)21-13(3)4/h7-9,12-13,15,19H,5-6,10-11H2,1-4H3. The Morgan fingerprint density at radius 2 is 1.95 bits per heavy atom. The van der Waals surface area contributed by atoms with Crippen molar-refractivity contribution in [2.75, 3.05) is 13.2 Å². The summed E-state index contributed by atoms with van der Waals surface area (Å²) in [5.41, 5.74) is 0.605. The van der Waals surface area contributed by atoms with Crippen LogP contribution in [-0.4, -0.2) is 41.2 Å². The molecule has 1 aromatic rings. The number of carbonyl (C=O) groups is 1. The molecule has 4 heteroatoms. The van der Waals surface area contributed by atoms with Gasteiger partial charge >= 0.3 is 0 Å². The highest BCUT2D eigenvalue weighted by Gasteiger charge is 2.22. The molecule has 0 saturated heterocycles. The van der Waals surface area contributed by atoms with Gasteiger partial charge in [0.2, 0.25) is 0 Å². The molecule has 0 spiro atoms. The number of aliphatic hydroxyl groups is 1. The van der Waals surface area contributed by atoms with Crippen LogP contribution < -0.4 is 4.74 Å². The number of aliphatic hydroxyl groups excluding tert-OH is 1. The largest absolute Gasteiger partial charge is 0.491 e. The lowest BCUT2D eigenvalue weighted by Crippen LogP contribution is -2.41. The zero-order valence-corrected chi connectivity index (χ0v) is 13.5. The van der Waals surface area contributed by atoms with Crippen molar-refractivity contribution >= 4 is 5.91 Å². The molecule has 21 heavy (non-hydrogen) atoms. The van der Waals surface area contributed by atoms with E-state index in [1.54, 1.807) is 17.0 Å². The first kappa shape index (κ1) is 17.5. The summed E-state index contributed by atoms with van der Waals surface area (Å²) in [6.45, 7) is 8.37. The second-order valence-electron chi connectivity index (χ2n) is 5.39. The number of amides is 1. The summed E-state index contributed by atoms with van der Waals surface area (Å²) < 4.78 is 5.64. The molecule has 0 bridgehead atoms. The van der Waals surface area contributed by atoms with E-state index in [1.165, 1.54) is 0 Å². The van der Waals surface area contributed by atoms with E-state index in [0.29, 0.717) is 17.9 Å². The van der Waals surface area contributed by atoms with Gasteiger partial charge in [0.15, 0.2) is 0 Å². The van der Waals surface area contributed by atoms with Gasteiger partial charge in [0.25, 0.3) is 5.91 Å². The average Bonchev–Trinajstić information content (AvgIpc) is 2.46. The highest BCUT2D eigenvalue weighted by molar-refractivity contribution is 5.94. The molecule has 1 amide bonds. The number of hydrogen-bond acceptors (Lipinski definition) is 3. The number of nitrogens with zero attached hydrogens (tertiary/aromatic N) is 1. The van der Waals surface area contributed by atoms with Crippen molar-refractivity contribution in [1.82, 2.24) is 4.90 Å². The average molecular weight is 293 g/mol. The zero-order valence-electron chi connectivity index (χ0n) is 13.5. The fourth-order valence-corrected chi connectivity index (χ4v) is 2.43. The second-order valence-corrected chi connectivity index (χ2v) is 5.39. The molecule has 0 radical (unpaired) electrons. The minimum Gasteiger partial charge on any atom is -0.491 e. The zero-order chi connectivity index (χ0) is 15.8. The van der Waals surface area contributed by atoms with Crippen LogP contribution in [0, 0.1) is 0 Å². The number of benzene rings is 1. The van der Waals surface area contributed by atoms with Crippen molar-refractivity contribution in [2.45, 2.75) is 52.7 Å². The Hall–Kier alpha value is -1.55. The molecule has 0 saturated carbocycles. The lowest BCUT2D eigenvalue weighted by molar-refractivity contribution is 0.0621. The van der Waals surface area contributed by atoms with Crippen LogP contribution in [0.25, 0.3) is 0 Å². The maximum atomic E-state index is 12.7. The molecular weight excluding hydrogens is 266 g/mol. The van der Waals surface area contributed by atoms with E-state index < -0.39 is 0 Å². The molecule has 1 N–H and O–H groups in total. The maximum Gasteiger partial charge on any atom is 0.254 e. The fraction of sp³-hybridized carbons (Fsp3) is 0.588. The van der Waals surface area contributed by atoms with Gasteiger partial charge in [-0.2, -0.15) is 0 Å². The third-order valence-electron chi connectivity index (χ3n) is 3.44. The smallest absolute Gasteiger partial charge is 0.254 e. The Labute approximate surface area is 127 Å². The lowest BCUT2D eigenvalue weighted by atomic mass is 10.1. The molecule has 4 nitrogen and oxygen atoms in total. The van der Waals surface area contributed by atoms with E-state index in [9.17, 15) is 9.90 Å². The van der Waals surface area contributed by atoms with Crippen molar-refractivity contribution in [3.63, 3.8) is 0 Å². The van der Waals surface area contributed by atoms with Gasteiger partial charge < -0.3 is 14.7 Å². The van der Waals surface area contributed by atoms with Gasteiger partial charge in [0.05, 0.1) is 12.7 Å². The molecule has 0 aliphatic carbocycles. The predicted molar refractivity (Wildman–Crippen MR) is 84.7 cm³/mol. The monoisotopic (exact) mass is 293 g/mol. The highest BCUT2D eigenvalue weighted by Crippen LogP contribution is 2.19. The Morgan fingerprint density at radius 1 is 1.29 bits per heavy atom. The first-order valence-corrected chi connectivity index (χ1v) is 7.71. The summed E-state index contributed by atoms with van der Waals surface area (Å²) in [7, 11) is 0. The molecule has 0 heterocycles. The second kappa shape index (κ2) is 8.67. The van der Waals surface area contributed by atoms with Crippen LogP contribution in [0.3, 0.4) is 0 Å². The van der Waals surface area contributed by atoms with E-state index in [4.69, 9.17) is 4.74 Å². The minimum atomic E-state index is -0.0491. The lowest BCUT2D eigenvalue weighted by Gasteiger charge is -2.30. The molecule has 0 atom stereocenters. The van der Waals surface area contributed by atoms with Crippen LogP contribution in [-0.2, 0) is 0 Å². The van der Waals surface area contributed by atoms with Crippen LogP contribution in [0.2, 0.25) is 0 Å². The van der Waals surface area contributed by atoms with Gasteiger partial charge in [0.1, 0.15) is 5.75 Å². The van der Waals surface area contributed by atoms with Crippen LogP contribution in [0.15, 0.2) is 24.3 Å². The third kappa shape index (κ3) is 5.05. The van der Waals surface area contributed by atoms with Crippen LogP contribution >= 0.6 is 0 Å². The summed E-state index contributed by atoms with van der Waals surface area (Å²) >= 11 is 0. The van der Waals surface area contributed by atoms with Crippen LogP contribution in [0.1, 0.15) is 50.9 Å². The van der Waals surface area contributed by atoms with Gasteiger partial charge in [-0.15, -0.1) is 0 Å². The molecule has 1 rings (SSSR count). The van der Waals surface area contributed by atoms with Crippen LogP contribution in [0.5, 0.6) is 5.75 Å². The summed E-state index contributed by atoms with van der Waals surface area (Å²) in [5.74, 6) is 0.649. The Kier molecular flexibility index (Phi) is 7.23. The Morgan fingerprint density at radius 3 is 2.48 bits per heavy atom. The van der Waals surface area contributed by atoms with Gasteiger partial charge in [-0.25, -0.2) is 0 Å². The van der Waals surface area contributed by atoms with E-state index in [2.05, 4.69) is 13.8 Å². The van der Waals surface area contributed by atoms with Gasteiger partial charge in [-0.1, -0.05) is 19.9 Å². The quantitative estimate of drug-likeness (QED) is 0.801. The summed E-state index contributed by atoms with van der Waals surface area (Å²) in [6, 6.07) is 7.40. The molecule has 118 valence electrons. The van der Waals surface area contributed by atoms with Crippen molar-refractivity contribution in [3.8, 4) is 5.75 Å². The first-order chi connectivity index (χ1) is 10.0. The van der Waals surface area contributed by atoms with E-state index >= 15 is 0 Å². The van der Waals surface area contributed by atoms with Crippen molar-refractivity contribution in [3.05, 3.63) is 29.8 Å². The minimum absolute atomic E-state index is 0.0234. The maximum absolute atomic E-state index is 12.7. The topological polar surface area (TPSA) is 49.8 Å². The molecule has 0 fully saturated rings. The van der Waals surface area contributed by atoms with Crippen molar-refractivity contribution < 1.29 is 14.6 Å². The number of carbonyl (C=O) groups excluding carboxylic acids is 1. The Bertz CT molecular complexity index is 441. The summed E-state index contributed by atoms with van der Waals surface area (Å²) in [4.78, 5) is 14.4. The van der Waals surface area contributed by atoms with E-state index in [0.717, 1.165) is 12.8 Å². The summed E-state index contributed by atoms with van der Waals surface area (Å²) in [5, 5.41) is 9.23. The van der Waals surface area contributed by atoms with Crippen molar-refractivity contribution in [1.29, 1.82) is 0 Å². The first-order valence-electron chi connectivity index (χ1n) is 7.71. The van der Waals surface area contributed by atoms with Crippen molar-refractivity contribution in [2.24, 2.45) is 0 Å². The molecular formula is C17H27NO3. The predicted octanol–water partition coefficient (Wildman–Crippen LogP) is 3.10. The SMILES string of the molecule is CCC(CC)N(CCO)C(=O)c1cccc(OC(C)C)c1. The number of rotatable bonds is 8. The van der Waals surface area contributed by atoms with E-state index in [1.807, 2.05) is 26.0 Å². The fourth-order valence-electron chi connectivity index (χ4n) is 2.43.